The monoisotopic (exact) mass is 463 g/mol. The van der Waals surface area contributed by atoms with E-state index in [1.165, 1.54) is 36.0 Å². The van der Waals surface area contributed by atoms with Gasteiger partial charge in [0.15, 0.2) is 5.16 Å². The van der Waals surface area contributed by atoms with Crippen molar-refractivity contribution in [2.45, 2.75) is 17.3 Å². The number of halogens is 1. The van der Waals surface area contributed by atoms with Gasteiger partial charge in [0, 0.05) is 23.6 Å². The van der Waals surface area contributed by atoms with E-state index in [0.717, 1.165) is 11.3 Å². The summed E-state index contributed by atoms with van der Waals surface area (Å²) in [5, 5.41) is 22.4. The lowest BCUT2D eigenvalue weighted by Crippen LogP contribution is -2.18. The zero-order chi connectivity index (χ0) is 23.2. The van der Waals surface area contributed by atoms with Crippen molar-refractivity contribution in [3.05, 3.63) is 106 Å². The molecule has 0 aliphatic rings. The van der Waals surface area contributed by atoms with Crippen LogP contribution < -0.4 is 5.32 Å². The van der Waals surface area contributed by atoms with Gasteiger partial charge < -0.3 is 5.32 Å². The molecule has 0 fully saturated rings. The molecule has 10 heteroatoms. The van der Waals surface area contributed by atoms with Gasteiger partial charge in [-0.15, -0.1) is 10.2 Å². The molecule has 0 saturated heterocycles. The maximum absolute atomic E-state index is 13.9. The summed E-state index contributed by atoms with van der Waals surface area (Å²) in [6, 6.07) is 21.6. The van der Waals surface area contributed by atoms with Crippen molar-refractivity contribution >= 4 is 29.0 Å². The fourth-order valence-corrected chi connectivity index (χ4v) is 4.03. The molecule has 1 heterocycles. The lowest BCUT2D eigenvalue weighted by molar-refractivity contribution is -0.384. The van der Waals surface area contributed by atoms with E-state index in [1.807, 2.05) is 30.3 Å². The van der Waals surface area contributed by atoms with Crippen LogP contribution in [0.3, 0.4) is 0 Å². The first-order chi connectivity index (χ1) is 16.0. The number of benzene rings is 3. The second-order valence-electron chi connectivity index (χ2n) is 6.99. The predicted octanol–water partition coefficient (Wildman–Crippen LogP) is 4.79. The quantitative estimate of drug-likeness (QED) is 0.229. The van der Waals surface area contributed by atoms with Gasteiger partial charge in [-0.1, -0.05) is 54.2 Å². The van der Waals surface area contributed by atoms with E-state index in [4.69, 9.17) is 0 Å². The van der Waals surface area contributed by atoms with E-state index in [9.17, 15) is 19.3 Å². The molecule has 0 aliphatic heterocycles. The first-order valence-electron chi connectivity index (χ1n) is 9.91. The number of rotatable bonds is 8. The molecule has 4 rings (SSSR count). The predicted molar refractivity (Wildman–Crippen MR) is 123 cm³/mol. The highest BCUT2D eigenvalue weighted by atomic mass is 32.2. The SMILES string of the molecule is O=C(Cc1nnc(SCc2ccc([N+](=O)[O-])cc2)n1-c1ccccc1)Nc1ccccc1F. The molecule has 0 saturated carbocycles. The Morgan fingerprint density at radius 3 is 2.39 bits per heavy atom. The Morgan fingerprint density at radius 1 is 1.00 bits per heavy atom. The highest BCUT2D eigenvalue weighted by Crippen LogP contribution is 2.26. The number of thioether (sulfide) groups is 1. The summed E-state index contributed by atoms with van der Waals surface area (Å²) in [6.45, 7) is 0. The molecule has 8 nitrogen and oxygen atoms in total. The van der Waals surface area contributed by atoms with Crippen molar-refractivity contribution in [3.8, 4) is 5.69 Å². The van der Waals surface area contributed by atoms with Gasteiger partial charge in [-0.3, -0.25) is 19.5 Å². The van der Waals surface area contributed by atoms with Crippen molar-refractivity contribution < 1.29 is 14.1 Å². The molecule has 1 aromatic heterocycles. The smallest absolute Gasteiger partial charge is 0.269 e. The minimum absolute atomic E-state index is 0.0272. The average molecular weight is 463 g/mol. The highest BCUT2D eigenvalue weighted by Gasteiger charge is 2.18. The van der Waals surface area contributed by atoms with E-state index < -0.39 is 16.6 Å². The van der Waals surface area contributed by atoms with E-state index in [-0.39, 0.29) is 17.8 Å². The molecular weight excluding hydrogens is 445 g/mol. The highest BCUT2D eigenvalue weighted by molar-refractivity contribution is 7.98. The Bertz CT molecular complexity index is 1280. The van der Waals surface area contributed by atoms with Crippen molar-refractivity contribution in [3.63, 3.8) is 0 Å². The number of nitrogens with one attached hydrogen (secondary N) is 1. The number of nitro benzene ring substituents is 1. The second-order valence-corrected chi connectivity index (χ2v) is 7.93. The minimum Gasteiger partial charge on any atom is -0.323 e. The van der Waals surface area contributed by atoms with Gasteiger partial charge in [0.05, 0.1) is 17.0 Å². The summed E-state index contributed by atoms with van der Waals surface area (Å²) in [4.78, 5) is 23.0. The number of carbonyl (C=O) groups excluding carboxylic acids is 1. The number of carbonyl (C=O) groups is 1. The molecule has 3 aromatic carbocycles. The molecule has 0 radical (unpaired) electrons. The van der Waals surface area contributed by atoms with Gasteiger partial charge in [0.25, 0.3) is 5.69 Å². The van der Waals surface area contributed by atoms with E-state index in [0.29, 0.717) is 16.7 Å². The zero-order valence-corrected chi connectivity index (χ0v) is 18.0. The van der Waals surface area contributed by atoms with E-state index in [2.05, 4.69) is 15.5 Å². The summed E-state index contributed by atoms with van der Waals surface area (Å²) in [5.74, 6) is -0.0303. The lowest BCUT2D eigenvalue weighted by Gasteiger charge is -2.11. The van der Waals surface area contributed by atoms with Crippen LogP contribution in [0.25, 0.3) is 5.69 Å². The zero-order valence-electron chi connectivity index (χ0n) is 17.2. The number of anilines is 1. The number of aromatic nitrogens is 3. The Kier molecular flexibility index (Phi) is 6.75. The van der Waals surface area contributed by atoms with Gasteiger partial charge in [0.1, 0.15) is 11.6 Å². The minimum atomic E-state index is -0.519. The van der Waals surface area contributed by atoms with Crippen LogP contribution in [0, 0.1) is 15.9 Å². The fourth-order valence-electron chi connectivity index (χ4n) is 3.11. The molecular formula is C23H18FN5O3S. The van der Waals surface area contributed by atoms with Gasteiger partial charge in [-0.25, -0.2) is 4.39 Å². The van der Waals surface area contributed by atoms with Crippen molar-refractivity contribution in [1.29, 1.82) is 0 Å². The Labute approximate surface area is 192 Å². The molecule has 0 bridgehead atoms. The number of hydrogen-bond acceptors (Lipinski definition) is 6. The van der Waals surface area contributed by atoms with Crippen molar-refractivity contribution in [1.82, 2.24) is 14.8 Å². The van der Waals surface area contributed by atoms with Gasteiger partial charge in [0.2, 0.25) is 5.91 Å². The normalized spacial score (nSPS) is 10.7. The molecule has 0 atom stereocenters. The molecule has 1 N–H and O–H groups in total. The maximum Gasteiger partial charge on any atom is 0.269 e. The topological polar surface area (TPSA) is 103 Å². The van der Waals surface area contributed by atoms with Crippen LogP contribution in [0.4, 0.5) is 15.8 Å². The number of amides is 1. The third-order valence-electron chi connectivity index (χ3n) is 4.70. The third kappa shape index (κ3) is 5.42. The van der Waals surface area contributed by atoms with Crippen LogP contribution in [0.5, 0.6) is 0 Å². The molecule has 0 aliphatic carbocycles. The van der Waals surface area contributed by atoms with Crippen molar-refractivity contribution in [2.75, 3.05) is 5.32 Å². The summed E-state index contributed by atoms with van der Waals surface area (Å²) in [5.41, 5.74) is 1.79. The summed E-state index contributed by atoms with van der Waals surface area (Å²) >= 11 is 1.39. The van der Waals surface area contributed by atoms with Crippen LogP contribution in [0.2, 0.25) is 0 Å². The number of para-hydroxylation sites is 2. The maximum atomic E-state index is 13.9. The van der Waals surface area contributed by atoms with Crippen LogP contribution in [0.15, 0.2) is 84.0 Å². The summed E-state index contributed by atoms with van der Waals surface area (Å²) < 4.78 is 15.7. The first-order valence-corrected chi connectivity index (χ1v) is 10.9. The van der Waals surface area contributed by atoms with Crippen LogP contribution >= 0.6 is 11.8 Å². The van der Waals surface area contributed by atoms with Gasteiger partial charge in [-0.2, -0.15) is 0 Å². The molecule has 0 spiro atoms. The van der Waals surface area contributed by atoms with Gasteiger partial charge >= 0.3 is 0 Å². The number of nitro groups is 1. The molecule has 4 aromatic rings. The first kappa shape index (κ1) is 22.2. The van der Waals surface area contributed by atoms with Crippen LogP contribution in [-0.2, 0) is 17.0 Å². The number of hydrogen-bond donors (Lipinski definition) is 1. The number of nitrogens with zero attached hydrogens (tertiary/aromatic N) is 4. The largest absolute Gasteiger partial charge is 0.323 e. The fraction of sp³-hybridized carbons (Fsp3) is 0.0870. The van der Waals surface area contributed by atoms with Gasteiger partial charge in [-0.05, 0) is 29.8 Å². The summed E-state index contributed by atoms with van der Waals surface area (Å²) in [6.07, 6.45) is -0.103. The van der Waals surface area contributed by atoms with E-state index >= 15 is 0 Å². The van der Waals surface area contributed by atoms with Crippen molar-refractivity contribution in [2.24, 2.45) is 0 Å². The second kappa shape index (κ2) is 10.0. The molecule has 33 heavy (non-hydrogen) atoms. The Balaban J connectivity index is 1.55. The molecule has 166 valence electrons. The third-order valence-corrected chi connectivity index (χ3v) is 5.70. The molecule has 0 unspecified atom stereocenters. The van der Waals surface area contributed by atoms with Crippen LogP contribution in [-0.4, -0.2) is 25.6 Å². The lowest BCUT2D eigenvalue weighted by atomic mass is 10.2. The Hall–Kier alpha value is -4.05. The Morgan fingerprint density at radius 2 is 1.70 bits per heavy atom. The number of non-ortho nitro benzene ring substituents is 1. The van der Waals surface area contributed by atoms with E-state index in [1.54, 1.807) is 28.8 Å². The van der Waals surface area contributed by atoms with Crippen LogP contribution in [0.1, 0.15) is 11.4 Å². The summed E-state index contributed by atoms with van der Waals surface area (Å²) in [7, 11) is 0. The average Bonchev–Trinajstić information content (AvgIpc) is 3.22. The standard InChI is InChI=1S/C23H18FN5O3S/c24-19-8-4-5-9-20(19)25-22(30)14-21-26-27-23(28(21)17-6-2-1-3-7-17)33-15-16-10-12-18(13-11-16)29(31)32/h1-13H,14-15H2,(H,25,30). The molecule has 1 amide bonds.